The molecule has 10 aromatic rings. The molecule has 270 valence electrons. The maximum Gasteiger partial charge on any atom is 0.0547 e. The van der Waals surface area contributed by atoms with Crippen LogP contribution in [-0.4, -0.2) is 4.57 Å². The highest BCUT2D eigenvalue weighted by molar-refractivity contribution is 6.24. The fourth-order valence-electron chi connectivity index (χ4n) is 9.51. The summed E-state index contributed by atoms with van der Waals surface area (Å²) < 4.78 is 2.44. The molecule has 2 nitrogen and oxygen atoms in total. The van der Waals surface area contributed by atoms with Crippen LogP contribution >= 0.6 is 0 Å². The van der Waals surface area contributed by atoms with Gasteiger partial charge in [-0.1, -0.05) is 166 Å². The van der Waals surface area contributed by atoms with E-state index >= 15 is 0 Å². The van der Waals surface area contributed by atoms with Crippen molar-refractivity contribution >= 4 is 49.6 Å². The first-order valence-corrected chi connectivity index (χ1v) is 19.9. The number of fused-ring (bicyclic) bond motifs is 8. The molecule has 1 aliphatic carbocycles. The molecule has 0 amide bonds. The second kappa shape index (κ2) is 13.0. The highest BCUT2D eigenvalue weighted by Gasteiger charge is 2.36. The topological polar surface area (TPSA) is 8.17 Å². The van der Waals surface area contributed by atoms with Crippen molar-refractivity contribution in [2.24, 2.45) is 0 Å². The minimum Gasteiger partial charge on any atom is -0.310 e. The summed E-state index contributed by atoms with van der Waals surface area (Å²) >= 11 is 0. The third-order valence-electron chi connectivity index (χ3n) is 12.2. The van der Waals surface area contributed by atoms with Crippen molar-refractivity contribution in [1.29, 1.82) is 0 Å². The van der Waals surface area contributed by atoms with Crippen molar-refractivity contribution in [3.63, 3.8) is 0 Å². The van der Waals surface area contributed by atoms with Gasteiger partial charge in [0.1, 0.15) is 0 Å². The van der Waals surface area contributed by atoms with Gasteiger partial charge in [-0.25, -0.2) is 0 Å². The fourth-order valence-corrected chi connectivity index (χ4v) is 9.51. The van der Waals surface area contributed by atoms with E-state index in [2.05, 4.69) is 230 Å². The third kappa shape index (κ3) is 5.18. The average molecular weight is 729 g/mol. The minimum atomic E-state index is -0.114. The van der Waals surface area contributed by atoms with Gasteiger partial charge in [-0.2, -0.15) is 0 Å². The summed E-state index contributed by atoms with van der Waals surface area (Å²) in [5.74, 6) is 0. The second-order valence-corrected chi connectivity index (χ2v) is 15.7. The Morgan fingerprint density at radius 3 is 1.81 bits per heavy atom. The van der Waals surface area contributed by atoms with Gasteiger partial charge in [0.05, 0.1) is 16.7 Å². The van der Waals surface area contributed by atoms with Crippen LogP contribution in [0.25, 0.3) is 71.6 Å². The number of benzene rings is 9. The van der Waals surface area contributed by atoms with E-state index in [0.717, 1.165) is 22.7 Å². The molecule has 0 unspecified atom stereocenters. The lowest BCUT2D eigenvalue weighted by Crippen LogP contribution is -2.17. The van der Waals surface area contributed by atoms with Crippen LogP contribution in [0.4, 0.5) is 17.1 Å². The third-order valence-corrected chi connectivity index (χ3v) is 12.2. The number of nitrogens with zero attached hydrogens (tertiary/aromatic N) is 2. The highest BCUT2D eigenvalue weighted by atomic mass is 15.1. The van der Waals surface area contributed by atoms with Gasteiger partial charge in [-0.05, 0) is 104 Å². The van der Waals surface area contributed by atoms with Crippen molar-refractivity contribution in [1.82, 2.24) is 4.57 Å². The lowest BCUT2D eigenvalue weighted by Gasteiger charge is -2.30. The number of hydrogen-bond donors (Lipinski definition) is 0. The molecule has 0 bridgehead atoms. The van der Waals surface area contributed by atoms with Crippen molar-refractivity contribution in [3.05, 3.63) is 217 Å². The van der Waals surface area contributed by atoms with E-state index in [0.29, 0.717) is 0 Å². The van der Waals surface area contributed by atoms with E-state index in [1.807, 2.05) is 0 Å². The maximum absolute atomic E-state index is 2.44. The second-order valence-electron chi connectivity index (χ2n) is 15.7. The number of rotatable bonds is 6. The normalized spacial score (nSPS) is 12.9. The van der Waals surface area contributed by atoms with Gasteiger partial charge in [-0.15, -0.1) is 0 Å². The van der Waals surface area contributed by atoms with Gasteiger partial charge in [0.15, 0.2) is 0 Å². The zero-order valence-corrected chi connectivity index (χ0v) is 32.0. The van der Waals surface area contributed by atoms with Crippen LogP contribution in [-0.2, 0) is 5.41 Å². The summed E-state index contributed by atoms with van der Waals surface area (Å²) in [4.78, 5) is 2.44. The number of aromatic nitrogens is 1. The molecule has 0 N–H and O–H groups in total. The molecule has 0 spiro atoms. The molecular formula is C55H40N2. The molecule has 1 aromatic heterocycles. The van der Waals surface area contributed by atoms with Gasteiger partial charge in [0.25, 0.3) is 0 Å². The Balaban J connectivity index is 1.10. The summed E-state index contributed by atoms with van der Waals surface area (Å²) in [7, 11) is 0. The average Bonchev–Trinajstić information content (AvgIpc) is 3.73. The first kappa shape index (κ1) is 33.2. The minimum absolute atomic E-state index is 0.114. The van der Waals surface area contributed by atoms with E-state index in [9.17, 15) is 0 Å². The zero-order valence-electron chi connectivity index (χ0n) is 32.0. The zero-order chi connectivity index (χ0) is 38.1. The van der Waals surface area contributed by atoms with Crippen LogP contribution < -0.4 is 4.90 Å². The van der Waals surface area contributed by atoms with Crippen LogP contribution in [0.5, 0.6) is 0 Å². The monoisotopic (exact) mass is 728 g/mol. The maximum atomic E-state index is 2.44. The standard InChI is InChI=1S/C55H40N2/c1-55(2)48-25-12-9-22-45(48)46-34-33-42(36-49(46)55)56(50-26-13-10-21-43(50)37-16-5-3-6-17-37)40-29-31-41(32-30-40)57-51-27-14-11-23-47(51)54-52(57)35-28-39-20-15-24-44(53(39)54)38-18-7-4-8-19-38/h3-36H,1-2H3. The van der Waals surface area contributed by atoms with E-state index < -0.39 is 0 Å². The number of anilines is 3. The summed E-state index contributed by atoms with van der Waals surface area (Å²) in [5.41, 5.74) is 17.0. The Kier molecular flexibility index (Phi) is 7.55. The Bertz CT molecular complexity index is 3130. The van der Waals surface area contributed by atoms with Gasteiger partial charge < -0.3 is 9.47 Å². The lowest BCUT2D eigenvalue weighted by molar-refractivity contribution is 0.660. The van der Waals surface area contributed by atoms with Crippen molar-refractivity contribution in [2.75, 3.05) is 4.90 Å². The predicted octanol–water partition coefficient (Wildman–Crippen LogP) is 15.0. The summed E-state index contributed by atoms with van der Waals surface area (Å²) in [6.45, 7) is 4.71. The highest BCUT2D eigenvalue weighted by Crippen LogP contribution is 2.51. The first-order valence-electron chi connectivity index (χ1n) is 19.9. The molecule has 0 aliphatic heterocycles. The van der Waals surface area contributed by atoms with Crippen LogP contribution in [0.2, 0.25) is 0 Å². The van der Waals surface area contributed by atoms with Crippen LogP contribution in [0.1, 0.15) is 25.0 Å². The van der Waals surface area contributed by atoms with E-state index in [-0.39, 0.29) is 5.41 Å². The van der Waals surface area contributed by atoms with Gasteiger partial charge in [-0.3, -0.25) is 0 Å². The lowest BCUT2D eigenvalue weighted by atomic mass is 9.82. The number of hydrogen-bond acceptors (Lipinski definition) is 1. The molecule has 0 fully saturated rings. The molecule has 9 aromatic carbocycles. The molecule has 1 aliphatic rings. The number of para-hydroxylation sites is 2. The van der Waals surface area contributed by atoms with Crippen molar-refractivity contribution in [3.8, 4) is 39.1 Å². The molecule has 0 saturated carbocycles. The molecule has 57 heavy (non-hydrogen) atoms. The Hall–Kier alpha value is -7.16. The summed E-state index contributed by atoms with van der Waals surface area (Å²) in [6.07, 6.45) is 0. The van der Waals surface area contributed by atoms with Crippen LogP contribution in [0.15, 0.2) is 206 Å². The van der Waals surface area contributed by atoms with Gasteiger partial charge >= 0.3 is 0 Å². The van der Waals surface area contributed by atoms with E-state index in [4.69, 9.17) is 0 Å². The molecule has 11 rings (SSSR count). The van der Waals surface area contributed by atoms with Crippen molar-refractivity contribution in [2.45, 2.75) is 19.3 Å². The smallest absolute Gasteiger partial charge is 0.0547 e. The van der Waals surface area contributed by atoms with E-state index in [1.54, 1.807) is 0 Å². The largest absolute Gasteiger partial charge is 0.310 e. The van der Waals surface area contributed by atoms with Gasteiger partial charge in [0.2, 0.25) is 0 Å². The molecule has 0 atom stereocenters. The Morgan fingerprint density at radius 2 is 1.02 bits per heavy atom. The predicted molar refractivity (Wildman–Crippen MR) is 241 cm³/mol. The Labute approximate surface area is 333 Å². The molecule has 0 radical (unpaired) electrons. The van der Waals surface area contributed by atoms with E-state index in [1.165, 1.54) is 77.1 Å². The molecule has 0 saturated heterocycles. The summed E-state index contributed by atoms with van der Waals surface area (Å²) in [5, 5.41) is 5.08. The van der Waals surface area contributed by atoms with Crippen LogP contribution in [0, 0.1) is 0 Å². The molecule has 2 heteroatoms. The quantitative estimate of drug-likeness (QED) is 0.165. The van der Waals surface area contributed by atoms with Crippen LogP contribution in [0.3, 0.4) is 0 Å². The van der Waals surface area contributed by atoms with Gasteiger partial charge in [0, 0.05) is 38.8 Å². The summed E-state index contributed by atoms with van der Waals surface area (Å²) in [6, 6.07) is 75.5. The first-order chi connectivity index (χ1) is 28.1. The van der Waals surface area contributed by atoms with Crippen molar-refractivity contribution < 1.29 is 0 Å². The molecular weight excluding hydrogens is 689 g/mol. The Morgan fingerprint density at radius 1 is 0.404 bits per heavy atom. The fraction of sp³-hybridized carbons (Fsp3) is 0.0545. The molecule has 1 heterocycles. The SMILES string of the molecule is CC1(C)c2ccccc2-c2ccc(N(c3ccc(-n4c5ccccc5c5c6c(-c7ccccc7)cccc6ccc54)cc3)c3ccccc3-c3ccccc3)cc21.